The van der Waals surface area contributed by atoms with Crippen molar-refractivity contribution in [3.05, 3.63) is 35.9 Å². The molecule has 0 unspecified atom stereocenters. The largest absolute Gasteiger partial charge is 0.392 e. The monoisotopic (exact) mass is 189 g/mol. The molecule has 0 amide bonds. The number of anilines is 1. The highest BCUT2D eigenvalue weighted by Crippen LogP contribution is 2.32. The predicted molar refractivity (Wildman–Crippen MR) is 59.2 cm³/mol. The lowest BCUT2D eigenvalue weighted by atomic mass is 9.91. The average Bonchev–Trinajstić information content (AvgIpc) is 2.15. The molecular weight excluding hydrogens is 174 g/mol. The zero-order valence-electron chi connectivity index (χ0n) is 8.54. The van der Waals surface area contributed by atoms with Gasteiger partial charge in [0.15, 0.2) is 0 Å². The van der Waals surface area contributed by atoms with Crippen molar-refractivity contribution in [2.75, 3.05) is 11.9 Å². The van der Waals surface area contributed by atoms with Crippen LogP contribution >= 0.6 is 0 Å². The van der Waals surface area contributed by atoms with Crippen LogP contribution in [0.1, 0.15) is 19.4 Å². The molecule has 2 heteroatoms. The molecule has 0 fully saturated rings. The number of aliphatic hydroxyl groups is 1. The van der Waals surface area contributed by atoms with Crippen molar-refractivity contribution < 1.29 is 5.11 Å². The molecule has 0 saturated carbocycles. The van der Waals surface area contributed by atoms with E-state index < -0.39 is 0 Å². The van der Waals surface area contributed by atoms with E-state index in [-0.39, 0.29) is 12.1 Å². The fourth-order valence-electron chi connectivity index (χ4n) is 1.90. The van der Waals surface area contributed by atoms with Gasteiger partial charge < -0.3 is 10.4 Å². The van der Waals surface area contributed by atoms with E-state index in [9.17, 15) is 5.11 Å². The third-order valence-corrected chi connectivity index (χ3v) is 2.44. The fraction of sp³-hybridized carbons (Fsp3) is 0.333. The van der Waals surface area contributed by atoms with E-state index in [1.807, 2.05) is 24.3 Å². The minimum absolute atomic E-state index is 0.0770. The van der Waals surface area contributed by atoms with Gasteiger partial charge in [0, 0.05) is 11.3 Å². The quantitative estimate of drug-likeness (QED) is 0.710. The lowest BCUT2D eigenvalue weighted by Crippen LogP contribution is -2.32. The normalized spacial score (nSPS) is 18.1. The first-order chi connectivity index (χ1) is 6.62. The van der Waals surface area contributed by atoms with Gasteiger partial charge in [-0.3, -0.25) is 0 Å². The smallest absolute Gasteiger partial charge is 0.0686 e. The molecule has 0 bridgehead atoms. The van der Waals surface area contributed by atoms with Gasteiger partial charge >= 0.3 is 0 Å². The van der Waals surface area contributed by atoms with Crippen molar-refractivity contribution in [2.24, 2.45) is 0 Å². The summed E-state index contributed by atoms with van der Waals surface area (Å²) in [6.45, 7) is 4.29. The Kier molecular flexibility index (Phi) is 2.08. The lowest BCUT2D eigenvalue weighted by molar-refractivity contribution is 0.349. The molecule has 0 saturated heterocycles. The van der Waals surface area contributed by atoms with E-state index in [0.29, 0.717) is 0 Å². The van der Waals surface area contributed by atoms with Gasteiger partial charge in [0.25, 0.3) is 0 Å². The molecule has 1 heterocycles. The number of benzene rings is 1. The van der Waals surface area contributed by atoms with Gasteiger partial charge in [0.1, 0.15) is 0 Å². The van der Waals surface area contributed by atoms with Gasteiger partial charge in [-0.25, -0.2) is 0 Å². The summed E-state index contributed by atoms with van der Waals surface area (Å²) in [6, 6.07) is 8.06. The highest BCUT2D eigenvalue weighted by molar-refractivity contribution is 5.81. The van der Waals surface area contributed by atoms with Crippen LogP contribution in [0.3, 0.4) is 0 Å². The first kappa shape index (κ1) is 9.28. The molecule has 2 nitrogen and oxygen atoms in total. The number of nitrogens with one attached hydrogen (secondary N) is 1. The molecule has 0 aliphatic carbocycles. The number of para-hydroxylation sites is 1. The minimum atomic E-state index is -0.0770. The van der Waals surface area contributed by atoms with Crippen molar-refractivity contribution in [1.29, 1.82) is 0 Å². The van der Waals surface area contributed by atoms with Gasteiger partial charge in [-0.1, -0.05) is 24.3 Å². The van der Waals surface area contributed by atoms with E-state index >= 15 is 0 Å². The molecule has 1 aromatic rings. The van der Waals surface area contributed by atoms with Crippen molar-refractivity contribution in [3.8, 4) is 0 Å². The number of fused-ring (bicyclic) bond motifs is 1. The van der Waals surface area contributed by atoms with E-state index in [1.165, 1.54) is 0 Å². The Labute approximate surface area is 84.3 Å². The highest BCUT2D eigenvalue weighted by atomic mass is 16.3. The van der Waals surface area contributed by atoms with Crippen LogP contribution in [-0.2, 0) is 0 Å². The maximum atomic E-state index is 9.27. The Hall–Kier alpha value is -1.28. The van der Waals surface area contributed by atoms with Gasteiger partial charge in [-0.05, 0) is 25.5 Å². The minimum Gasteiger partial charge on any atom is -0.392 e. The molecule has 0 spiro atoms. The first-order valence-electron chi connectivity index (χ1n) is 4.82. The molecule has 1 aliphatic heterocycles. The van der Waals surface area contributed by atoms with Crippen LogP contribution in [0, 0.1) is 0 Å². The van der Waals surface area contributed by atoms with E-state index in [0.717, 1.165) is 16.8 Å². The van der Waals surface area contributed by atoms with Gasteiger partial charge in [-0.15, -0.1) is 0 Å². The summed E-state index contributed by atoms with van der Waals surface area (Å²) in [6.07, 6.45) is 2.08. The maximum Gasteiger partial charge on any atom is 0.0686 e. The number of aliphatic hydroxyl groups excluding tert-OH is 1. The van der Waals surface area contributed by atoms with E-state index in [2.05, 4.69) is 25.2 Å². The summed E-state index contributed by atoms with van der Waals surface area (Å²) in [5.74, 6) is 0. The molecular formula is C12H15NO. The third kappa shape index (κ3) is 1.53. The first-order valence-corrected chi connectivity index (χ1v) is 4.82. The van der Waals surface area contributed by atoms with Crippen molar-refractivity contribution in [3.63, 3.8) is 0 Å². The molecule has 2 N–H and O–H groups in total. The molecule has 14 heavy (non-hydrogen) atoms. The summed E-state index contributed by atoms with van der Waals surface area (Å²) in [5.41, 5.74) is 3.13. The van der Waals surface area contributed by atoms with E-state index in [1.54, 1.807) is 0 Å². The van der Waals surface area contributed by atoms with Crippen LogP contribution in [0.2, 0.25) is 0 Å². The summed E-state index contributed by atoms with van der Waals surface area (Å²) in [4.78, 5) is 0. The zero-order chi connectivity index (χ0) is 10.2. The number of hydrogen-bond donors (Lipinski definition) is 2. The summed E-state index contributed by atoms with van der Waals surface area (Å²) >= 11 is 0. The molecule has 0 radical (unpaired) electrons. The standard InChI is InChI=1S/C12H15NO/c1-12(2)7-9(8-14)10-5-3-4-6-11(10)13-12/h3-7,13-14H,8H2,1-2H3. The van der Waals surface area contributed by atoms with Crippen LogP contribution in [0.25, 0.3) is 5.57 Å². The molecule has 0 atom stereocenters. The number of hydrogen-bond acceptors (Lipinski definition) is 2. The van der Waals surface area contributed by atoms with Crippen LogP contribution < -0.4 is 5.32 Å². The number of rotatable bonds is 1. The van der Waals surface area contributed by atoms with Gasteiger partial charge in [0.05, 0.1) is 12.1 Å². The Balaban J connectivity index is 2.53. The van der Waals surface area contributed by atoms with Crippen LogP contribution in [0.15, 0.2) is 30.3 Å². The topological polar surface area (TPSA) is 32.3 Å². The van der Waals surface area contributed by atoms with Crippen molar-refractivity contribution >= 4 is 11.3 Å². The van der Waals surface area contributed by atoms with Gasteiger partial charge in [0.2, 0.25) is 0 Å². The van der Waals surface area contributed by atoms with Crippen LogP contribution in [0.5, 0.6) is 0 Å². The third-order valence-electron chi connectivity index (χ3n) is 2.44. The SMILES string of the molecule is CC1(C)C=C(CO)c2ccccc2N1. The van der Waals surface area contributed by atoms with Crippen LogP contribution in [-0.4, -0.2) is 17.3 Å². The van der Waals surface area contributed by atoms with Crippen molar-refractivity contribution in [2.45, 2.75) is 19.4 Å². The van der Waals surface area contributed by atoms with Crippen LogP contribution in [0.4, 0.5) is 5.69 Å². The molecule has 0 aromatic heterocycles. The predicted octanol–water partition coefficient (Wildman–Crippen LogP) is 2.27. The molecule has 2 rings (SSSR count). The second-order valence-corrected chi connectivity index (χ2v) is 4.22. The molecule has 1 aromatic carbocycles. The second-order valence-electron chi connectivity index (χ2n) is 4.22. The Morgan fingerprint density at radius 3 is 2.71 bits per heavy atom. The van der Waals surface area contributed by atoms with E-state index in [4.69, 9.17) is 0 Å². The second kappa shape index (κ2) is 3.14. The Morgan fingerprint density at radius 1 is 1.29 bits per heavy atom. The summed E-state index contributed by atoms with van der Waals surface area (Å²) in [7, 11) is 0. The average molecular weight is 189 g/mol. The van der Waals surface area contributed by atoms with Crippen molar-refractivity contribution in [1.82, 2.24) is 0 Å². The highest BCUT2D eigenvalue weighted by Gasteiger charge is 2.22. The Bertz CT molecular complexity index is 380. The summed E-state index contributed by atoms with van der Waals surface area (Å²) < 4.78 is 0. The Morgan fingerprint density at radius 2 is 2.00 bits per heavy atom. The maximum absolute atomic E-state index is 9.27. The van der Waals surface area contributed by atoms with Gasteiger partial charge in [-0.2, -0.15) is 0 Å². The molecule has 74 valence electrons. The fourth-order valence-corrected chi connectivity index (χ4v) is 1.90. The molecule has 1 aliphatic rings. The summed E-state index contributed by atoms with van der Waals surface area (Å²) in [5, 5.41) is 12.7. The lowest BCUT2D eigenvalue weighted by Gasteiger charge is -2.31. The zero-order valence-corrected chi connectivity index (χ0v) is 8.54.